The number of anilines is 3. The number of nitrogens with one attached hydrogen (secondary N) is 3. The Bertz CT molecular complexity index is 757. The highest BCUT2D eigenvalue weighted by Crippen LogP contribution is 2.45. The van der Waals surface area contributed by atoms with Crippen molar-refractivity contribution in [3.05, 3.63) is 47.8 Å². The molecule has 3 heterocycles. The van der Waals surface area contributed by atoms with Crippen LogP contribution in [0.1, 0.15) is 43.5 Å². The minimum Gasteiger partial charge on any atom is -0.360 e. The molecular weight excluding hydrogens is 288 g/mol. The Morgan fingerprint density at radius 3 is 2.48 bits per heavy atom. The Morgan fingerprint density at radius 2 is 1.78 bits per heavy atom. The zero-order chi connectivity index (χ0) is 16.0. The van der Waals surface area contributed by atoms with Crippen molar-refractivity contribution in [2.75, 3.05) is 16.0 Å². The number of carbonyl (C=O) groups is 1. The van der Waals surface area contributed by atoms with Crippen LogP contribution in [0, 0.1) is 5.92 Å². The fourth-order valence-electron chi connectivity index (χ4n) is 3.39. The number of fused-ring (bicyclic) bond motifs is 2. The molecule has 0 bridgehead atoms. The molecule has 2 unspecified atom stereocenters. The van der Waals surface area contributed by atoms with Crippen LogP contribution >= 0.6 is 0 Å². The van der Waals surface area contributed by atoms with E-state index in [-0.39, 0.29) is 18.0 Å². The van der Waals surface area contributed by atoms with Crippen LogP contribution in [0.2, 0.25) is 0 Å². The van der Waals surface area contributed by atoms with E-state index in [1.807, 2.05) is 18.2 Å². The Kier molecular flexibility index (Phi) is 3.22. The van der Waals surface area contributed by atoms with E-state index in [1.165, 1.54) is 0 Å². The minimum absolute atomic E-state index is 0.0368. The highest BCUT2D eigenvalue weighted by Gasteiger charge is 2.33. The molecule has 0 saturated heterocycles. The summed E-state index contributed by atoms with van der Waals surface area (Å²) in [7, 11) is 0. The van der Waals surface area contributed by atoms with E-state index in [2.05, 4.69) is 40.8 Å². The van der Waals surface area contributed by atoms with Gasteiger partial charge in [0.05, 0.1) is 17.3 Å². The van der Waals surface area contributed by atoms with Gasteiger partial charge in [-0.25, -0.2) is 0 Å². The molecule has 0 saturated carbocycles. The van der Waals surface area contributed by atoms with E-state index in [4.69, 9.17) is 0 Å². The minimum atomic E-state index is -0.0444. The van der Waals surface area contributed by atoms with Crippen molar-refractivity contribution in [3.8, 4) is 0 Å². The molecule has 2 aliphatic rings. The lowest BCUT2D eigenvalue weighted by Crippen LogP contribution is -2.14. The lowest BCUT2D eigenvalue weighted by atomic mass is 9.91. The third-order valence-electron chi connectivity index (χ3n) is 4.49. The summed E-state index contributed by atoms with van der Waals surface area (Å²) in [6.45, 7) is 4.30. The normalized spacial score (nSPS) is 21.4. The number of rotatable bonds is 3. The van der Waals surface area contributed by atoms with E-state index < -0.39 is 0 Å². The quantitative estimate of drug-likeness (QED) is 0.809. The van der Waals surface area contributed by atoms with Gasteiger partial charge in [0.1, 0.15) is 6.17 Å². The third-order valence-corrected chi connectivity index (χ3v) is 4.49. The maximum atomic E-state index is 12.2. The molecule has 5 nitrogen and oxygen atoms in total. The highest BCUT2D eigenvalue weighted by atomic mass is 16.2. The van der Waals surface area contributed by atoms with Gasteiger partial charge in [0.25, 0.3) is 0 Å². The lowest BCUT2D eigenvalue weighted by molar-refractivity contribution is -0.117. The van der Waals surface area contributed by atoms with Crippen molar-refractivity contribution in [3.63, 3.8) is 0 Å². The summed E-state index contributed by atoms with van der Waals surface area (Å²) in [6, 6.07) is 8.14. The van der Waals surface area contributed by atoms with Gasteiger partial charge in [-0.05, 0) is 47.7 Å². The third kappa shape index (κ3) is 2.42. The van der Waals surface area contributed by atoms with Gasteiger partial charge in [0.15, 0.2) is 0 Å². The molecule has 1 aromatic heterocycles. The smallest absolute Gasteiger partial charge is 0.232 e. The SMILES string of the molecule is CC(C)CC1C(=O)Nc2cc3c(cc21)NC(c1ccncc1)N3. The van der Waals surface area contributed by atoms with Crippen molar-refractivity contribution in [2.24, 2.45) is 5.92 Å². The maximum Gasteiger partial charge on any atom is 0.232 e. The number of hydrogen-bond donors (Lipinski definition) is 3. The second-order valence-corrected chi connectivity index (χ2v) is 6.66. The summed E-state index contributed by atoms with van der Waals surface area (Å²) in [5.74, 6) is 0.556. The van der Waals surface area contributed by atoms with Gasteiger partial charge in [-0.3, -0.25) is 9.78 Å². The number of aromatic nitrogens is 1. The van der Waals surface area contributed by atoms with E-state index in [1.54, 1.807) is 12.4 Å². The summed E-state index contributed by atoms with van der Waals surface area (Å²) in [6.07, 6.45) is 4.50. The lowest BCUT2D eigenvalue weighted by Gasteiger charge is -2.12. The van der Waals surface area contributed by atoms with Gasteiger partial charge in [-0.2, -0.15) is 0 Å². The van der Waals surface area contributed by atoms with Gasteiger partial charge in [0, 0.05) is 18.1 Å². The fourth-order valence-corrected chi connectivity index (χ4v) is 3.39. The van der Waals surface area contributed by atoms with E-state index in [0.717, 1.165) is 34.6 Å². The topological polar surface area (TPSA) is 66.0 Å². The summed E-state index contributed by atoms with van der Waals surface area (Å²) in [5.41, 5.74) is 5.25. The first-order chi connectivity index (χ1) is 11.1. The number of hydrogen-bond acceptors (Lipinski definition) is 4. The Labute approximate surface area is 135 Å². The van der Waals surface area contributed by atoms with Crippen LogP contribution in [0.4, 0.5) is 17.1 Å². The van der Waals surface area contributed by atoms with Gasteiger partial charge >= 0.3 is 0 Å². The van der Waals surface area contributed by atoms with Gasteiger partial charge < -0.3 is 16.0 Å². The van der Waals surface area contributed by atoms with E-state index in [9.17, 15) is 4.79 Å². The molecule has 0 aliphatic carbocycles. The van der Waals surface area contributed by atoms with Crippen molar-refractivity contribution >= 4 is 23.0 Å². The molecule has 0 spiro atoms. The Morgan fingerprint density at radius 1 is 1.09 bits per heavy atom. The maximum absolute atomic E-state index is 12.2. The average Bonchev–Trinajstić information content (AvgIpc) is 3.07. The molecule has 0 fully saturated rings. The zero-order valence-corrected chi connectivity index (χ0v) is 13.3. The zero-order valence-electron chi connectivity index (χ0n) is 13.3. The number of nitrogens with zero attached hydrogens (tertiary/aromatic N) is 1. The summed E-state index contributed by atoms with van der Waals surface area (Å²) < 4.78 is 0. The summed E-state index contributed by atoms with van der Waals surface area (Å²) >= 11 is 0. The molecule has 2 atom stereocenters. The van der Waals surface area contributed by atoms with E-state index >= 15 is 0 Å². The first-order valence-electron chi connectivity index (χ1n) is 8.03. The molecule has 2 aromatic rings. The molecule has 3 N–H and O–H groups in total. The number of carbonyl (C=O) groups excluding carboxylic acids is 1. The Balaban J connectivity index is 1.64. The first kappa shape index (κ1) is 14.1. The van der Waals surface area contributed by atoms with Crippen LogP contribution in [0.3, 0.4) is 0 Å². The first-order valence-corrected chi connectivity index (χ1v) is 8.03. The van der Waals surface area contributed by atoms with Crippen LogP contribution in [0.15, 0.2) is 36.7 Å². The van der Waals surface area contributed by atoms with Gasteiger partial charge in [0.2, 0.25) is 5.91 Å². The molecule has 118 valence electrons. The summed E-state index contributed by atoms with van der Waals surface area (Å²) in [4.78, 5) is 16.3. The molecule has 4 rings (SSSR count). The van der Waals surface area contributed by atoms with Gasteiger partial charge in [-0.15, -0.1) is 0 Å². The van der Waals surface area contributed by atoms with Crippen molar-refractivity contribution in [1.29, 1.82) is 0 Å². The monoisotopic (exact) mass is 308 g/mol. The molecular formula is C18H20N4O. The van der Waals surface area contributed by atoms with Crippen molar-refractivity contribution < 1.29 is 4.79 Å². The van der Waals surface area contributed by atoms with E-state index in [0.29, 0.717) is 5.92 Å². The number of benzene rings is 1. The highest BCUT2D eigenvalue weighted by molar-refractivity contribution is 6.04. The second-order valence-electron chi connectivity index (χ2n) is 6.66. The van der Waals surface area contributed by atoms with Crippen LogP contribution in [-0.4, -0.2) is 10.9 Å². The molecule has 0 radical (unpaired) electrons. The fraction of sp³-hybridized carbons (Fsp3) is 0.333. The second kappa shape index (κ2) is 5.26. The predicted molar refractivity (Wildman–Crippen MR) is 91.5 cm³/mol. The molecule has 2 aliphatic heterocycles. The van der Waals surface area contributed by atoms with Crippen LogP contribution < -0.4 is 16.0 Å². The van der Waals surface area contributed by atoms with Gasteiger partial charge in [-0.1, -0.05) is 13.8 Å². The molecule has 23 heavy (non-hydrogen) atoms. The molecule has 1 aromatic carbocycles. The van der Waals surface area contributed by atoms with Crippen molar-refractivity contribution in [2.45, 2.75) is 32.4 Å². The summed E-state index contributed by atoms with van der Waals surface area (Å²) in [5, 5.41) is 9.97. The molecule has 5 heteroatoms. The molecule has 1 amide bonds. The standard InChI is InChI=1S/C18H20N4O/c1-10(2)7-13-12-8-15-16(9-14(12)22-18(13)23)21-17(20-15)11-3-5-19-6-4-11/h3-6,8-10,13,17,20-21H,7H2,1-2H3,(H,22,23). The van der Waals surface area contributed by atoms with Crippen LogP contribution in [-0.2, 0) is 4.79 Å². The van der Waals surface area contributed by atoms with Crippen LogP contribution in [0.25, 0.3) is 0 Å². The number of pyridine rings is 1. The average molecular weight is 308 g/mol. The number of amides is 1. The Hall–Kier alpha value is -2.56. The predicted octanol–water partition coefficient (Wildman–Crippen LogP) is 3.70. The van der Waals surface area contributed by atoms with Crippen molar-refractivity contribution in [1.82, 2.24) is 4.98 Å². The largest absolute Gasteiger partial charge is 0.360 e. The van der Waals surface area contributed by atoms with Crippen LogP contribution in [0.5, 0.6) is 0 Å².